The molecule has 0 aliphatic heterocycles. The molecule has 0 fully saturated rings. The van der Waals surface area contributed by atoms with Crippen molar-refractivity contribution in [3.63, 3.8) is 0 Å². The van der Waals surface area contributed by atoms with Gasteiger partial charge in [0.25, 0.3) is 0 Å². The van der Waals surface area contributed by atoms with Crippen LogP contribution < -0.4 is 16.6 Å². The highest BCUT2D eigenvalue weighted by Crippen LogP contribution is 2.12. The van der Waals surface area contributed by atoms with Crippen LogP contribution in [0.4, 0.5) is 0 Å². The molecule has 0 aromatic rings. The minimum Gasteiger partial charge on any atom is -0.375 e. The highest BCUT2D eigenvalue weighted by atomic mass is 32.1. The fourth-order valence-corrected chi connectivity index (χ4v) is 2.63. The highest BCUT2D eigenvalue weighted by Gasteiger charge is 1.94. The van der Waals surface area contributed by atoms with E-state index in [9.17, 15) is 0 Å². The van der Waals surface area contributed by atoms with Crippen LogP contribution in [0.2, 0.25) is 0 Å². The minimum absolute atomic E-state index is 0.320. The van der Waals surface area contributed by atoms with Gasteiger partial charge in [-0.15, -0.1) is 0 Å². The lowest BCUT2D eigenvalue weighted by molar-refractivity contribution is 0.526. The Kier molecular flexibility index (Phi) is 17.4. The van der Waals surface area contributed by atoms with Crippen LogP contribution in [-0.4, -0.2) is 11.7 Å². The van der Waals surface area contributed by atoms with E-state index in [1.165, 1.54) is 89.9 Å². The zero-order valence-electron chi connectivity index (χ0n) is 14.1. The van der Waals surface area contributed by atoms with Crippen molar-refractivity contribution >= 4 is 17.3 Å². The number of thiocarbonyl (C=S) groups is 1. The first-order chi connectivity index (χ1) is 10.3. The van der Waals surface area contributed by atoms with Crippen molar-refractivity contribution in [1.29, 1.82) is 0 Å². The van der Waals surface area contributed by atoms with E-state index in [2.05, 4.69) is 17.8 Å². The molecule has 0 unspecified atom stereocenters. The molecule has 0 saturated heterocycles. The summed E-state index contributed by atoms with van der Waals surface area (Å²) >= 11 is 4.70. The van der Waals surface area contributed by atoms with Gasteiger partial charge in [0.15, 0.2) is 5.11 Å². The lowest BCUT2D eigenvalue weighted by Crippen LogP contribution is -2.41. The summed E-state index contributed by atoms with van der Waals surface area (Å²) < 4.78 is 0. The second-order valence-corrected chi connectivity index (χ2v) is 6.45. The van der Waals surface area contributed by atoms with E-state index in [4.69, 9.17) is 18.0 Å². The van der Waals surface area contributed by atoms with Gasteiger partial charge in [-0.05, 0) is 18.6 Å². The molecule has 0 aromatic carbocycles. The van der Waals surface area contributed by atoms with Crippen molar-refractivity contribution < 1.29 is 0 Å². The van der Waals surface area contributed by atoms with Crippen LogP contribution in [0.5, 0.6) is 0 Å². The Balaban J connectivity index is 2.95. The predicted molar refractivity (Wildman–Crippen MR) is 98.2 cm³/mol. The largest absolute Gasteiger partial charge is 0.375 e. The first kappa shape index (κ1) is 20.6. The Hall–Kier alpha value is -0.350. The van der Waals surface area contributed by atoms with Crippen LogP contribution in [-0.2, 0) is 0 Å². The van der Waals surface area contributed by atoms with E-state index in [0.29, 0.717) is 5.11 Å². The Labute approximate surface area is 137 Å². The SMILES string of the molecule is CCCCCCCCCCCCCCCCNNC(N)=S. The number of hydrogen-bond acceptors (Lipinski definition) is 2. The molecule has 0 bridgehead atoms. The van der Waals surface area contributed by atoms with E-state index in [0.717, 1.165) is 6.54 Å². The summed E-state index contributed by atoms with van der Waals surface area (Å²) in [6, 6.07) is 0. The molecule has 0 heterocycles. The van der Waals surface area contributed by atoms with Gasteiger partial charge in [0.1, 0.15) is 0 Å². The first-order valence-corrected chi connectivity index (χ1v) is 9.46. The van der Waals surface area contributed by atoms with E-state index in [1.807, 2.05) is 0 Å². The molecule has 0 aromatic heterocycles. The molecule has 0 aliphatic rings. The van der Waals surface area contributed by atoms with Gasteiger partial charge in [-0.3, -0.25) is 5.43 Å². The fraction of sp³-hybridized carbons (Fsp3) is 0.941. The third kappa shape index (κ3) is 19.6. The molecule has 0 aliphatic carbocycles. The number of hydrazine groups is 1. The lowest BCUT2D eigenvalue weighted by atomic mass is 10.0. The zero-order valence-corrected chi connectivity index (χ0v) is 14.9. The third-order valence-corrected chi connectivity index (χ3v) is 3.97. The molecule has 0 rings (SSSR count). The summed E-state index contributed by atoms with van der Waals surface area (Å²) in [5, 5.41) is 0.320. The molecule has 0 spiro atoms. The van der Waals surface area contributed by atoms with Gasteiger partial charge in [-0.2, -0.15) is 0 Å². The molecule has 4 heteroatoms. The zero-order chi connectivity index (χ0) is 15.6. The molecule has 3 nitrogen and oxygen atoms in total. The van der Waals surface area contributed by atoms with Crippen molar-refractivity contribution in [1.82, 2.24) is 10.9 Å². The van der Waals surface area contributed by atoms with E-state index in [1.54, 1.807) is 0 Å². The van der Waals surface area contributed by atoms with Gasteiger partial charge in [0.05, 0.1) is 0 Å². The maximum Gasteiger partial charge on any atom is 0.178 e. The van der Waals surface area contributed by atoms with Crippen LogP contribution in [0.3, 0.4) is 0 Å². The summed E-state index contributed by atoms with van der Waals surface area (Å²) in [7, 11) is 0. The van der Waals surface area contributed by atoms with Crippen molar-refractivity contribution in [2.75, 3.05) is 6.54 Å². The van der Waals surface area contributed by atoms with Gasteiger partial charge in [-0.25, -0.2) is 5.43 Å². The second-order valence-electron chi connectivity index (χ2n) is 6.01. The monoisotopic (exact) mass is 315 g/mol. The predicted octanol–water partition coefficient (Wildman–Crippen LogP) is 4.81. The number of unbranched alkanes of at least 4 members (excludes halogenated alkanes) is 13. The third-order valence-electron chi connectivity index (χ3n) is 3.87. The Morgan fingerprint density at radius 3 is 1.48 bits per heavy atom. The second kappa shape index (κ2) is 17.7. The number of rotatable bonds is 16. The first-order valence-electron chi connectivity index (χ1n) is 9.05. The molecule has 0 saturated carbocycles. The van der Waals surface area contributed by atoms with Gasteiger partial charge in [-0.1, -0.05) is 90.4 Å². The minimum atomic E-state index is 0.320. The molecular formula is C17H37N3S. The number of hydrogen-bond donors (Lipinski definition) is 3. The Morgan fingerprint density at radius 2 is 1.10 bits per heavy atom. The molecule has 0 atom stereocenters. The van der Waals surface area contributed by atoms with E-state index in [-0.39, 0.29) is 0 Å². The summed E-state index contributed by atoms with van der Waals surface area (Å²) in [5.74, 6) is 0. The molecule has 0 amide bonds. The fourth-order valence-electron chi connectivity index (χ4n) is 2.56. The van der Waals surface area contributed by atoms with Crippen molar-refractivity contribution in [2.45, 2.75) is 96.8 Å². The van der Waals surface area contributed by atoms with Gasteiger partial charge in [0.2, 0.25) is 0 Å². The molecular weight excluding hydrogens is 278 g/mol. The van der Waals surface area contributed by atoms with Crippen molar-refractivity contribution in [2.24, 2.45) is 5.73 Å². The summed E-state index contributed by atoms with van der Waals surface area (Å²) in [4.78, 5) is 0. The quantitative estimate of drug-likeness (QED) is 0.217. The Morgan fingerprint density at radius 1 is 0.714 bits per heavy atom. The van der Waals surface area contributed by atoms with E-state index >= 15 is 0 Å². The molecule has 4 N–H and O–H groups in total. The van der Waals surface area contributed by atoms with Crippen LogP contribution in [0.25, 0.3) is 0 Å². The van der Waals surface area contributed by atoms with Gasteiger partial charge < -0.3 is 5.73 Å². The molecule has 0 radical (unpaired) electrons. The van der Waals surface area contributed by atoms with Gasteiger partial charge >= 0.3 is 0 Å². The van der Waals surface area contributed by atoms with Gasteiger partial charge in [0, 0.05) is 6.54 Å². The highest BCUT2D eigenvalue weighted by molar-refractivity contribution is 7.80. The van der Waals surface area contributed by atoms with Crippen LogP contribution in [0, 0.1) is 0 Å². The van der Waals surface area contributed by atoms with Crippen LogP contribution in [0.15, 0.2) is 0 Å². The summed E-state index contributed by atoms with van der Waals surface area (Å²) in [6.07, 6.45) is 19.5. The Bertz CT molecular complexity index is 222. The summed E-state index contributed by atoms with van der Waals surface area (Å²) in [5.41, 5.74) is 11.1. The maximum atomic E-state index is 5.31. The topological polar surface area (TPSA) is 50.1 Å². The average Bonchev–Trinajstić information content (AvgIpc) is 2.46. The molecule has 21 heavy (non-hydrogen) atoms. The lowest BCUT2D eigenvalue weighted by Gasteiger charge is -2.06. The molecule has 126 valence electrons. The van der Waals surface area contributed by atoms with E-state index < -0.39 is 0 Å². The van der Waals surface area contributed by atoms with Crippen LogP contribution in [0.1, 0.15) is 96.8 Å². The average molecular weight is 316 g/mol. The number of nitrogens with two attached hydrogens (primary N) is 1. The van der Waals surface area contributed by atoms with Crippen molar-refractivity contribution in [3.05, 3.63) is 0 Å². The number of nitrogens with one attached hydrogen (secondary N) is 2. The summed E-state index contributed by atoms with van der Waals surface area (Å²) in [6.45, 7) is 3.22. The normalized spacial score (nSPS) is 10.7. The van der Waals surface area contributed by atoms with Crippen LogP contribution >= 0.6 is 12.2 Å². The smallest absolute Gasteiger partial charge is 0.178 e. The van der Waals surface area contributed by atoms with Crippen molar-refractivity contribution in [3.8, 4) is 0 Å². The maximum absolute atomic E-state index is 5.31. The standard InChI is InChI=1S/C17H37N3S/c1-2-3-4-5-6-7-8-9-10-11-12-13-14-15-16-19-20-17(18)21/h19H,2-16H2,1H3,(H3,18,20,21).